The van der Waals surface area contributed by atoms with Crippen molar-refractivity contribution in [2.75, 3.05) is 0 Å². The number of hydrogen-bond donors (Lipinski definition) is 2. The summed E-state index contributed by atoms with van der Waals surface area (Å²) in [4.78, 5) is 20.0. The molecule has 2 heterocycles. The van der Waals surface area contributed by atoms with E-state index < -0.39 is 0 Å². The third kappa shape index (κ3) is 2.66. The van der Waals surface area contributed by atoms with Crippen molar-refractivity contribution in [3.63, 3.8) is 0 Å². The van der Waals surface area contributed by atoms with Gasteiger partial charge in [-0.15, -0.1) is 0 Å². The Morgan fingerprint density at radius 1 is 1.41 bits per heavy atom. The number of nitrogens with one attached hydrogen (secondary N) is 2. The molecule has 6 heteroatoms. The first kappa shape index (κ1) is 11.3. The molecule has 0 bridgehead atoms. The number of amides is 1. The second-order valence-electron chi connectivity index (χ2n) is 3.70. The monoisotopic (exact) mass is 231 g/mol. The summed E-state index contributed by atoms with van der Waals surface area (Å²) in [7, 11) is 0. The van der Waals surface area contributed by atoms with E-state index in [1.54, 1.807) is 6.07 Å². The fourth-order valence-corrected chi connectivity index (χ4v) is 1.50. The molecular weight excluding hydrogens is 218 g/mol. The predicted octanol–water partition coefficient (Wildman–Crippen LogP) is 0.747. The van der Waals surface area contributed by atoms with Gasteiger partial charge >= 0.3 is 0 Å². The number of aromatic nitrogens is 4. The lowest BCUT2D eigenvalue weighted by Gasteiger charge is -2.06. The molecule has 88 valence electrons. The molecule has 0 aliphatic carbocycles. The maximum absolute atomic E-state index is 11.9. The predicted molar refractivity (Wildman–Crippen MR) is 61.3 cm³/mol. The van der Waals surface area contributed by atoms with Gasteiger partial charge in [0.2, 0.25) is 0 Å². The van der Waals surface area contributed by atoms with Crippen molar-refractivity contribution < 1.29 is 4.79 Å². The van der Waals surface area contributed by atoms with Crippen LogP contribution in [-0.2, 0) is 6.54 Å². The zero-order valence-corrected chi connectivity index (χ0v) is 9.69. The van der Waals surface area contributed by atoms with Crippen molar-refractivity contribution in [3.8, 4) is 0 Å². The van der Waals surface area contributed by atoms with Gasteiger partial charge in [0.1, 0.15) is 12.2 Å². The smallest absolute Gasteiger partial charge is 0.253 e. The number of aryl methyl sites for hydroxylation is 2. The van der Waals surface area contributed by atoms with E-state index in [1.165, 1.54) is 6.33 Å². The molecular formula is C11H13N5O. The lowest BCUT2D eigenvalue weighted by molar-refractivity contribution is 0.0949. The summed E-state index contributed by atoms with van der Waals surface area (Å²) >= 11 is 0. The van der Waals surface area contributed by atoms with Gasteiger partial charge in [-0.1, -0.05) is 0 Å². The van der Waals surface area contributed by atoms with Gasteiger partial charge in [0.25, 0.3) is 5.91 Å². The molecule has 6 nitrogen and oxygen atoms in total. The number of carbonyl (C=O) groups is 1. The zero-order chi connectivity index (χ0) is 12.3. The van der Waals surface area contributed by atoms with Crippen LogP contribution in [0, 0.1) is 13.8 Å². The van der Waals surface area contributed by atoms with Crippen molar-refractivity contribution in [3.05, 3.63) is 41.2 Å². The topological polar surface area (TPSA) is 83.6 Å². The van der Waals surface area contributed by atoms with Crippen LogP contribution in [0.25, 0.3) is 0 Å². The van der Waals surface area contributed by atoms with Crippen molar-refractivity contribution >= 4 is 5.91 Å². The quantitative estimate of drug-likeness (QED) is 0.816. The average Bonchev–Trinajstić information content (AvgIpc) is 2.78. The molecule has 0 aliphatic rings. The standard InChI is InChI=1S/C11H13N5O/c1-7-3-4-9(8(2)15-7)11(17)12-5-10-13-6-14-16-10/h3-4,6H,5H2,1-2H3,(H,12,17)(H,13,14,16). The lowest BCUT2D eigenvalue weighted by Crippen LogP contribution is -2.24. The highest BCUT2D eigenvalue weighted by atomic mass is 16.1. The molecule has 0 radical (unpaired) electrons. The normalized spacial score (nSPS) is 10.2. The zero-order valence-electron chi connectivity index (χ0n) is 9.69. The summed E-state index contributed by atoms with van der Waals surface area (Å²) in [5.41, 5.74) is 2.20. The van der Waals surface area contributed by atoms with E-state index in [2.05, 4.69) is 25.5 Å². The number of pyridine rings is 1. The molecule has 0 unspecified atom stereocenters. The van der Waals surface area contributed by atoms with Crippen molar-refractivity contribution in [1.29, 1.82) is 0 Å². The maximum Gasteiger partial charge on any atom is 0.253 e. The fraction of sp³-hybridized carbons (Fsp3) is 0.273. The molecule has 2 N–H and O–H groups in total. The molecule has 2 aromatic rings. The van der Waals surface area contributed by atoms with Crippen LogP contribution in [0.15, 0.2) is 18.5 Å². The third-order valence-corrected chi connectivity index (χ3v) is 2.35. The Bertz CT molecular complexity index is 521. The van der Waals surface area contributed by atoms with Gasteiger partial charge in [-0.2, -0.15) is 5.10 Å². The van der Waals surface area contributed by atoms with Crippen LogP contribution in [0.4, 0.5) is 0 Å². The number of aromatic amines is 1. The van der Waals surface area contributed by atoms with E-state index in [1.807, 2.05) is 19.9 Å². The third-order valence-electron chi connectivity index (χ3n) is 2.35. The summed E-state index contributed by atoms with van der Waals surface area (Å²) < 4.78 is 0. The molecule has 1 amide bonds. The van der Waals surface area contributed by atoms with Crippen molar-refractivity contribution in [2.24, 2.45) is 0 Å². The van der Waals surface area contributed by atoms with Gasteiger partial charge in [0, 0.05) is 5.69 Å². The van der Waals surface area contributed by atoms with Gasteiger partial charge in [0.15, 0.2) is 0 Å². The van der Waals surface area contributed by atoms with Gasteiger partial charge in [-0.3, -0.25) is 14.9 Å². The van der Waals surface area contributed by atoms with Crippen molar-refractivity contribution in [1.82, 2.24) is 25.5 Å². The molecule has 2 rings (SSSR count). The van der Waals surface area contributed by atoms with Gasteiger partial charge in [0.05, 0.1) is 17.8 Å². The SMILES string of the molecule is Cc1ccc(C(=O)NCc2ncn[nH]2)c(C)n1. The van der Waals surface area contributed by atoms with Crippen LogP contribution in [0.1, 0.15) is 27.6 Å². The average molecular weight is 231 g/mol. The summed E-state index contributed by atoms with van der Waals surface area (Å²) in [6.45, 7) is 4.03. The van der Waals surface area contributed by atoms with Crippen LogP contribution in [-0.4, -0.2) is 26.1 Å². The first-order valence-electron chi connectivity index (χ1n) is 5.23. The van der Waals surface area contributed by atoms with Gasteiger partial charge in [-0.05, 0) is 26.0 Å². The van der Waals surface area contributed by atoms with Crippen LogP contribution in [0.5, 0.6) is 0 Å². The van der Waals surface area contributed by atoms with Crippen LogP contribution in [0.2, 0.25) is 0 Å². The van der Waals surface area contributed by atoms with E-state index in [9.17, 15) is 4.79 Å². The Labute approximate surface area is 98.5 Å². The summed E-state index contributed by atoms with van der Waals surface area (Å²) in [5, 5.41) is 9.13. The first-order chi connectivity index (χ1) is 8.16. The molecule has 0 saturated heterocycles. The van der Waals surface area contributed by atoms with Gasteiger partial charge < -0.3 is 5.32 Å². The number of hydrogen-bond acceptors (Lipinski definition) is 4. The number of nitrogens with zero attached hydrogens (tertiary/aromatic N) is 3. The minimum atomic E-state index is -0.161. The van der Waals surface area contributed by atoms with E-state index in [0.717, 1.165) is 11.4 Å². The molecule has 0 aromatic carbocycles. The second kappa shape index (κ2) is 4.73. The molecule has 0 fully saturated rings. The molecule has 17 heavy (non-hydrogen) atoms. The maximum atomic E-state index is 11.9. The van der Waals surface area contributed by atoms with E-state index in [4.69, 9.17) is 0 Å². The number of carbonyl (C=O) groups excluding carboxylic acids is 1. The Kier molecular flexibility index (Phi) is 3.13. The number of rotatable bonds is 3. The first-order valence-corrected chi connectivity index (χ1v) is 5.23. The highest BCUT2D eigenvalue weighted by Gasteiger charge is 2.09. The highest BCUT2D eigenvalue weighted by Crippen LogP contribution is 2.06. The second-order valence-corrected chi connectivity index (χ2v) is 3.70. The van der Waals surface area contributed by atoms with E-state index in [0.29, 0.717) is 17.9 Å². The fourth-order valence-electron chi connectivity index (χ4n) is 1.50. The Morgan fingerprint density at radius 3 is 2.88 bits per heavy atom. The molecule has 0 spiro atoms. The van der Waals surface area contributed by atoms with Crippen LogP contribution < -0.4 is 5.32 Å². The Hall–Kier alpha value is -2.24. The highest BCUT2D eigenvalue weighted by molar-refractivity contribution is 5.95. The summed E-state index contributed by atoms with van der Waals surface area (Å²) in [5.74, 6) is 0.461. The lowest BCUT2D eigenvalue weighted by atomic mass is 10.2. The molecule has 0 aliphatic heterocycles. The molecule has 2 aromatic heterocycles. The number of H-pyrrole nitrogens is 1. The molecule has 0 saturated carbocycles. The summed E-state index contributed by atoms with van der Waals surface area (Å²) in [6, 6.07) is 3.59. The Morgan fingerprint density at radius 2 is 2.24 bits per heavy atom. The molecule has 0 atom stereocenters. The van der Waals surface area contributed by atoms with Crippen LogP contribution in [0.3, 0.4) is 0 Å². The minimum Gasteiger partial charge on any atom is -0.345 e. The van der Waals surface area contributed by atoms with E-state index >= 15 is 0 Å². The Balaban J connectivity index is 2.04. The van der Waals surface area contributed by atoms with Gasteiger partial charge in [-0.25, -0.2) is 4.98 Å². The van der Waals surface area contributed by atoms with E-state index in [-0.39, 0.29) is 5.91 Å². The van der Waals surface area contributed by atoms with Crippen LogP contribution >= 0.6 is 0 Å². The minimum absolute atomic E-state index is 0.161. The largest absolute Gasteiger partial charge is 0.345 e. The van der Waals surface area contributed by atoms with Crippen molar-refractivity contribution in [2.45, 2.75) is 20.4 Å². The summed E-state index contributed by atoms with van der Waals surface area (Å²) in [6.07, 6.45) is 1.40.